The number of rotatable bonds is 8. The molecule has 2 N–H and O–H groups in total. The molecule has 0 radical (unpaired) electrons. The number of carbonyl (C=O) groups excluding carboxylic acids is 3. The van der Waals surface area contributed by atoms with E-state index in [1.54, 1.807) is 18.2 Å². The standard InChI is InChI=1S/C21H24N2O4S/c1-14-7-9-17(10-8-14)23-21(26)16(3)27-20(25)13-28-12-19(24)22-18-6-4-5-15(2)11-18/h4-11,16H,12-13H2,1-3H3,(H,22,24)(H,23,26)/t16-/m0/s1. The summed E-state index contributed by atoms with van der Waals surface area (Å²) < 4.78 is 5.12. The molecule has 0 spiro atoms. The van der Waals surface area contributed by atoms with Gasteiger partial charge in [-0.3, -0.25) is 14.4 Å². The number of carbonyl (C=O) groups is 3. The first-order valence-corrected chi connectivity index (χ1v) is 10.0. The highest BCUT2D eigenvalue weighted by Gasteiger charge is 2.18. The summed E-state index contributed by atoms with van der Waals surface area (Å²) >= 11 is 1.13. The molecule has 0 saturated heterocycles. The molecule has 0 aliphatic heterocycles. The van der Waals surface area contributed by atoms with E-state index in [4.69, 9.17) is 4.74 Å². The number of thioether (sulfide) groups is 1. The maximum atomic E-state index is 12.1. The van der Waals surface area contributed by atoms with Crippen molar-refractivity contribution in [3.8, 4) is 0 Å². The molecule has 28 heavy (non-hydrogen) atoms. The van der Waals surface area contributed by atoms with Crippen molar-refractivity contribution in [2.45, 2.75) is 26.9 Å². The van der Waals surface area contributed by atoms with E-state index in [1.165, 1.54) is 6.92 Å². The number of esters is 1. The van der Waals surface area contributed by atoms with E-state index in [-0.39, 0.29) is 17.4 Å². The molecule has 0 bridgehead atoms. The van der Waals surface area contributed by atoms with Gasteiger partial charge in [-0.15, -0.1) is 11.8 Å². The molecule has 0 unspecified atom stereocenters. The quantitative estimate of drug-likeness (QED) is 0.662. The van der Waals surface area contributed by atoms with Gasteiger partial charge in [0.1, 0.15) is 0 Å². The van der Waals surface area contributed by atoms with Gasteiger partial charge in [-0.1, -0.05) is 29.8 Å². The fourth-order valence-electron chi connectivity index (χ4n) is 2.31. The molecule has 0 aromatic heterocycles. The van der Waals surface area contributed by atoms with Gasteiger partial charge >= 0.3 is 5.97 Å². The van der Waals surface area contributed by atoms with Crippen molar-refractivity contribution in [1.82, 2.24) is 0 Å². The first-order valence-electron chi connectivity index (χ1n) is 8.85. The molecule has 2 aromatic rings. The Bertz CT molecular complexity index is 837. The number of hydrogen-bond acceptors (Lipinski definition) is 5. The van der Waals surface area contributed by atoms with Gasteiger partial charge in [0.05, 0.1) is 11.5 Å². The van der Waals surface area contributed by atoms with Crippen LogP contribution in [0.1, 0.15) is 18.1 Å². The maximum absolute atomic E-state index is 12.1. The maximum Gasteiger partial charge on any atom is 0.316 e. The number of amides is 2. The van der Waals surface area contributed by atoms with E-state index in [0.717, 1.165) is 28.6 Å². The average Bonchev–Trinajstić information content (AvgIpc) is 2.63. The lowest BCUT2D eigenvalue weighted by Crippen LogP contribution is -2.30. The first-order chi connectivity index (χ1) is 13.3. The van der Waals surface area contributed by atoms with E-state index >= 15 is 0 Å². The number of hydrogen-bond donors (Lipinski definition) is 2. The lowest BCUT2D eigenvalue weighted by Gasteiger charge is -2.13. The molecule has 0 aliphatic rings. The van der Waals surface area contributed by atoms with Crippen molar-refractivity contribution < 1.29 is 19.1 Å². The monoisotopic (exact) mass is 400 g/mol. The lowest BCUT2D eigenvalue weighted by atomic mass is 10.2. The van der Waals surface area contributed by atoms with Gasteiger partial charge < -0.3 is 15.4 Å². The Morgan fingerprint density at radius 2 is 1.64 bits per heavy atom. The fraction of sp³-hybridized carbons (Fsp3) is 0.286. The third-order valence-corrected chi connectivity index (χ3v) is 4.66. The fourth-order valence-corrected chi connectivity index (χ4v) is 2.91. The summed E-state index contributed by atoms with van der Waals surface area (Å²) in [5, 5.41) is 5.46. The molecule has 148 valence electrons. The Labute approximate surface area is 169 Å². The van der Waals surface area contributed by atoms with Crippen LogP contribution >= 0.6 is 11.8 Å². The lowest BCUT2D eigenvalue weighted by molar-refractivity contribution is -0.150. The van der Waals surface area contributed by atoms with Crippen molar-refractivity contribution in [1.29, 1.82) is 0 Å². The summed E-state index contributed by atoms with van der Waals surface area (Å²) in [7, 11) is 0. The van der Waals surface area contributed by atoms with Gasteiger partial charge in [-0.2, -0.15) is 0 Å². The molecule has 0 saturated carbocycles. The van der Waals surface area contributed by atoms with E-state index in [9.17, 15) is 14.4 Å². The first kappa shape index (κ1) is 21.5. The zero-order valence-corrected chi connectivity index (χ0v) is 17.0. The highest BCUT2D eigenvalue weighted by molar-refractivity contribution is 8.00. The van der Waals surface area contributed by atoms with E-state index in [1.807, 2.05) is 44.2 Å². The van der Waals surface area contributed by atoms with Gasteiger partial charge in [0, 0.05) is 11.4 Å². The van der Waals surface area contributed by atoms with Crippen LogP contribution in [0.5, 0.6) is 0 Å². The van der Waals surface area contributed by atoms with Gasteiger partial charge in [-0.25, -0.2) is 0 Å². The molecule has 0 aliphatic carbocycles. The highest BCUT2D eigenvalue weighted by atomic mass is 32.2. The van der Waals surface area contributed by atoms with Crippen LogP contribution in [0, 0.1) is 13.8 Å². The second-order valence-corrected chi connectivity index (χ2v) is 7.38. The third-order valence-electron chi connectivity index (χ3n) is 3.75. The second kappa shape index (κ2) is 10.5. The molecule has 2 amide bonds. The van der Waals surface area contributed by atoms with Crippen LogP contribution in [0.4, 0.5) is 11.4 Å². The molecule has 0 heterocycles. The topological polar surface area (TPSA) is 84.5 Å². The summed E-state index contributed by atoms with van der Waals surface area (Å²) in [6.07, 6.45) is -0.921. The summed E-state index contributed by atoms with van der Waals surface area (Å²) in [5.74, 6) is -1.04. The Morgan fingerprint density at radius 1 is 0.929 bits per heavy atom. The number of anilines is 2. The van der Waals surface area contributed by atoms with Crippen molar-refractivity contribution >= 4 is 40.9 Å². The molecule has 7 heteroatoms. The predicted molar refractivity (Wildman–Crippen MR) is 112 cm³/mol. The van der Waals surface area contributed by atoms with E-state index in [2.05, 4.69) is 10.6 Å². The normalized spacial score (nSPS) is 11.4. The largest absolute Gasteiger partial charge is 0.452 e. The van der Waals surface area contributed by atoms with Crippen LogP contribution in [0.25, 0.3) is 0 Å². The molecule has 6 nitrogen and oxygen atoms in total. The van der Waals surface area contributed by atoms with Crippen LogP contribution in [0.2, 0.25) is 0 Å². The summed E-state index contributed by atoms with van der Waals surface area (Å²) in [6, 6.07) is 14.8. The molecule has 2 rings (SSSR count). The summed E-state index contributed by atoms with van der Waals surface area (Å²) in [6.45, 7) is 5.40. The third kappa shape index (κ3) is 7.44. The number of nitrogens with one attached hydrogen (secondary N) is 2. The SMILES string of the molecule is Cc1ccc(NC(=O)[C@H](C)OC(=O)CSCC(=O)Nc2cccc(C)c2)cc1. The second-order valence-electron chi connectivity index (χ2n) is 6.40. The minimum absolute atomic E-state index is 0.0105. The average molecular weight is 401 g/mol. The summed E-state index contributed by atoms with van der Waals surface area (Å²) in [4.78, 5) is 35.9. The minimum atomic E-state index is -0.921. The highest BCUT2D eigenvalue weighted by Crippen LogP contribution is 2.12. The van der Waals surface area contributed by atoms with E-state index in [0.29, 0.717) is 5.69 Å². The van der Waals surface area contributed by atoms with Crippen LogP contribution in [0.3, 0.4) is 0 Å². The van der Waals surface area contributed by atoms with Gasteiger partial charge in [0.2, 0.25) is 5.91 Å². The van der Waals surface area contributed by atoms with Crippen molar-refractivity contribution in [2.75, 3.05) is 22.1 Å². The molecular formula is C21H24N2O4S. The zero-order valence-electron chi connectivity index (χ0n) is 16.2. The Morgan fingerprint density at radius 3 is 2.32 bits per heavy atom. The van der Waals surface area contributed by atoms with E-state index < -0.39 is 18.0 Å². The number of benzene rings is 2. The van der Waals surface area contributed by atoms with Gasteiger partial charge in [0.25, 0.3) is 5.91 Å². The van der Waals surface area contributed by atoms with Crippen LogP contribution in [0.15, 0.2) is 48.5 Å². The zero-order chi connectivity index (χ0) is 20.5. The molecular weight excluding hydrogens is 376 g/mol. The molecule has 0 fully saturated rings. The Balaban J connectivity index is 1.68. The van der Waals surface area contributed by atoms with Gasteiger partial charge in [-0.05, 0) is 50.6 Å². The van der Waals surface area contributed by atoms with Crippen molar-refractivity contribution in [3.05, 3.63) is 59.7 Å². The van der Waals surface area contributed by atoms with Crippen molar-refractivity contribution in [3.63, 3.8) is 0 Å². The summed E-state index contributed by atoms with van der Waals surface area (Å²) in [5.41, 5.74) is 3.49. The minimum Gasteiger partial charge on any atom is -0.452 e. The Hall–Kier alpha value is -2.80. The molecule has 2 aromatic carbocycles. The van der Waals surface area contributed by atoms with Gasteiger partial charge in [0.15, 0.2) is 6.10 Å². The van der Waals surface area contributed by atoms with Crippen LogP contribution < -0.4 is 10.6 Å². The van der Waals surface area contributed by atoms with Crippen LogP contribution in [-0.4, -0.2) is 35.4 Å². The molecule has 1 atom stereocenters. The smallest absolute Gasteiger partial charge is 0.316 e. The number of aryl methyl sites for hydroxylation is 2. The Kier molecular flexibility index (Phi) is 8.07. The van der Waals surface area contributed by atoms with Crippen molar-refractivity contribution in [2.24, 2.45) is 0 Å². The number of ether oxygens (including phenoxy) is 1. The predicted octanol–water partition coefficient (Wildman–Crippen LogP) is 3.55. The van der Waals surface area contributed by atoms with Crippen LogP contribution in [-0.2, 0) is 19.1 Å².